The summed E-state index contributed by atoms with van der Waals surface area (Å²) in [4.78, 5) is 80.5. The summed E-state index contributed by atoms with van der Waals surface area (Å²) in [5.41, 5.74) is 3.16. The number of nitrogens with zero attached hydrogens (tertiary/aromatic N) is 6. The van der Waals surface area contributed by atoms with Gasteiger partial charge in [0.25, 0.3) is 11.8 Å². The number of likely N-dealkylation sites (tertiary alicyclic amines) is 1. The summed E-state index contributed by atoms with van der Waals surface area (Å²) in [5.74, 6) is 1.74. The van der Waals surface area contributed by atoms with Crippen molar-refractivity contribution in [1.82, 2.24) is 35.3 Å². The number of amides is 5. The van der Waals surface area contributed by atoms with E-state index in [0.717, 1.165) is 125 Å². The van der Waals surface area contributed by atoms with E-state index in [0.29, 0.717) is 36.6 Å². The van der Waals surface area contributed by atoms with Crippen LogP contribution >= 0.6 is 11.8 Å². The molecule has 6 heterocycles. The largest absolute Gasteiger partial charge is 0.354 e. The molecular formula is C45H56N8O5S. The van der Waals surface area contributed by atoms with E-state index in [1.165, 1.54) is 0 Å². The summed E-state index contributed by atoms with van der Waals surface area (Å²) in [6, 6.07) is 13.0. The van der Waals surface area contributed by atoms with Crippen LogP contribution < -0.4 is 15.5 Å². The number of fused-ring (bicyclic) bond motifs is 1. The maximum absolute atomic E-state index is 13.3. The van der Waals surface area contributed by atoms with E-state index in [-0.39, 0.29) is 36.0 Å². The lowest BCUT2D eigenvalue weighted by Gasteiger charge is -2.35. The average molecular weight is 821 g/mol. The van der Waals surface area contributed by atoms with Crippen LogP contribution in [0.4, 0.5) is 5.82 Å². The molecule has 59 heavy (non-hydrogen) atoms. The van der Waals surface area contributed by atoms with Crippen LogP contribution in [0.1, 0.15) is 96.1 Å². The Morgan fingerprint density at radius 3 is 2.51 bits per heavy atom. The number of piperazine rings is 1. The molecule has 4 aliphatic heterocycles. The zero-order valence-corrected chi connectivity index (χ0v) is 34.7. The van der Waals surface area contributed by atoms with E-state index in [4.69, 9.17) is 4.98 Å². The Bertz CT molecular complexity index is 1960. The minimum Gasteiger partial charge on any atom is -0.354 e. The fraction of sp³-hybridized carbons (Fsp3) is 0.489. The van der Waals surface area contributed by atoms with Crippen LogP contribution in [0.3, 0.4) is 0 Å². The van der Waals surface area contributed by atoms with Crippen LogP contribution in [0.15, 0.2) is 72.0 Å². The lowest BCUT2D eigenvalue weighted by molar-refractivity contribution is -0.137. The van der Waals surface area contributed by atoms with Gasteiger partial charge in [0, 0.05) is 93.9 Å². The van der Waals surface area contributed by atoms with Crippen LogP contribution in [0, 0.1) is 5.92 Å². The number of hydrogen-bond donors (Lipinski definition) is 2. The van der Waals surface area contributed by atoms with Crippen molar-refractivity contribution in [2.45, 2.75) is 81.7 Å². The Hall–Kier alpha value is -5.08. The van der Waals surface area contributed by atoms with Crippen molar-refractivity contribution < 1.29 is 24.0 Å². The second-order valence-electron chi connectivity index (χ2n) is 16.0. The number of carbonyl (C=O) groups excluding carboxylic acids is 5. The van der Waals surface area contributed by atoms with Crippen molar-refractivity contribution in [1.29, 1.82) is 0 Å². The highest BCUT2D eigenvalue weighted by Crippen LogP contribution is 2.31. The molecule has 7 rings (SSSR count). The third-order valence-corrected chi connectivity index (χ3v) is 13.0. The molecule has 3 saturated heterocycles. The average Bonchev–Trinajstić information content (AvgIpc) is 3.59. The van der Waals surface area contributed by atoms with Crippen molar-refractivity contribution in [2.75, 3.05) is 63.0 Å². The van der Waals surface area contributed by atoms with Gasteiger partial charge in [0.1, 0.15) is 11.9 Å². The Balaban J connectivity index is 0.725. The fourth-order valence-corrected chi connectivity index (χ4v) is 9.40. The zero-order valence-electron chi connectivity index (χ0n) is 33.9. The Morgan fingerprint density at radius 1 is 0.898 bits per heavy atom. The summed E-state index contributed by atoms with van der Waals surface area (Å²) in [6.45, 7) is 7.52. The molecule has 2 aromatic heterocycles. The van der Waals surface area contributed by atoms with Crippen LogP contribution in [-0.2, 0) is 20.9 Å². The van der Waals surface area contributed by atoms with Gasteiger partial charge in [0.15, 0.2) is 0 Å². The molecule has 5 amide bonds. The number of thioether (sulfide) groups is 1. The van der Waals surface area contributed by atoms with Crippen LogP contribution in [0.25, 0.3) is 6.08 Å². The molecule has 1 aromatic carbocycles. The number of aromatic nitrogens is 2. The zero-order chi connectivity index (χ0) is 41.0. The van der Waals surface area contributed by atoms with E-state index < -0.39 is 6.04 Å². The number of rotatable bonds is 17. The van der Waals surface area contributed by atoms with Crippen LogP contribution in [0.2, 0.25) is 0 Å². The number of imide groups is 1. The number of pyridine rings is 2. The first kappa shape index (κ1) is 42.1. The number of hydrogen-bond acceptors (Lipinski definition) is 10. The van der Waals surface area contributed by atoms with Crippen LogP contribution in [0.5, 0.6) is 0 Å². The number of benzene rings is 1. The highest BCUT2D eigenvalue weighted by Gasteiger charge is 2.39. The van der Waals surface area contributed by atoms with Gasteiger partial charge in [-0.15, -0.1) is 11.8 Å². The maximum Gasteiger partial charge on any atom is 0.255 e. The van der Waals surface area contributed by atoms with Gasteiger partial charge in [0.2, 0.25) is 17.7 Å². The number of nitrogens with one attached hydrogen (secondary N) is 2. The van der Waals surface area contributed by atoms with E-state index in [1.54, 1.807) is 35.6 Å². The first-order chi connectivity index (χ1) is 28.8. The predicted octanol–water partition coefficient (Wildman–Crippen LogP) is 5.17. The third-order valence-electron chi connectivity index (χ3n) is 11.9. The van der Waals surface area contributed by atoms with E-state index in [9.17, 15) is 24.0 Å². The van der Waals surface area contributed by atoms with Crippen molar-refractivity contribution >= 4 is 53.2 Å². The molecule has 1 atom stereocenters. The van der Waals surface area contributed by atoms with Gasteiger partial charge in [-0.25, -0.2) is 4.98 Å². The van der Waals surface area contributed by atoms with Gasteiger partial charge >= 0.3 is 0 Å². The summed E-state index contributed by atoms with van der Waals surface area (Å²) in [5, 5.41) is 5.32. The van der Waals surface area contributed by atoms with Gasteiger partial charge in [-0.1, -0.05) is 25.3 Å². The van der Waals surface area contributed by atoms with Crippen molar-refractivity contribution in [3.8, 4) is 0 Å². The Kier molecular flexibility index (Phi) is 14.8. The monoisotopic (exact) mass is 820 g/mol. The highest BCUT2D eigenvalue weighted by atomic mass is 32.2. The smallest absolute Gasteiger partial charge is 0.255 e. The molecule has 0 aliphatic carbocycles. The second-order valence-corrected chi connectivity index (χ2v) is 17.2. The predicted molar refractivity (Wildman–Crippen MR) is 229 cm³/mol. The van der Waals surface area contributed by atoms with Gasteiger partial charge in [-0.2, -0.15) is 0 Å². The Morgan fingerprint density at radius 2 is 1.75 bits per heavy atom. The molecule has 1 unspecified atom stereocenters. The minimum atomic E-state index is -0.586. The molecule has 3 aromatic rings. The highest BCUT2D eigenvalue weighted by molar-refractivity contribution is 7.99. The molecule has 312 valence electrons. The standard InChI is InChI=1S/C45H56N8O5S/c54-41(15-9-34-8-6-19-46-30-34)47-20-3-2-7-33-17-22-52(23-18-33)44(57)35-10-14-40(48-31-35)51-26-24-50(25-27-51)21-4-1-5-28-59-37-11-12-38-36(29-37)32-53(45(38)58)39-13-16-42(55)49-43(39)56/h6,8-12,14-15,19,29-31,33,39H,1-5,7,13,16-18,20-28,32H2,(H,47,54)(H,49,55,56)/b15-9+. The summed E-state index contributed by atoms with van der Waals surface area (Å²) < 4.78 is 0. The van der Waals surface area contributed by atoms with Gasteiger partial charge in [-0.3, -0.25) is 39.2 Å². The molecule has 14 heteroatoms. The number of carbonyl (C=O) groups is 5. The first-order valence-corrected chi connectivity index (χ1v) is 22.3. The maximum atomic E-state index is 13.3. The minimum absolute atomic E-state index is 0.0647. The second kappa shape index (κ2) is 20.7. The first-order valence-electron chi connectivity index (χ1n) is 21.3. The summed E-state index contributed by atoms with van der Waals surface area (Å²) in [7, 11) is 0. The lowest BCUT2D eigenvalue weighted by Crippen LogP contribution is -2.52. The number of piperidine rings is 2. The number of anilines is 1. The van der Waals surface area contributed by atoms with Crippen molar-refractivity contribution in [3.05, 3.63) is 89.4 Å². The SMILES string of the molecule is O=C(/C=C/c1cccnc1)NCCCCC1CCN(C(=O)c2ccc(N3CCN(CCCCCSc4ccc5c(c4)CN(C4CCC(=O)NC4=O)C5=O)CC3)nc2)CC1. The molecule has 0 spiro atoms. The van der Waals surface area contributed by atoms with Gasteiger partial charge in [0.05, 0.1) is 5.56 Å². The molecule has 0 bridgehead atoms. The summed E-state index contributed by atoms with van der Waals surface area (Å²) in [6.07, 6.45) is 17.7. The van der Waals surface area contributed by atoms with Gasteiger partial charge in [-0.05, 0) is 110 Å². The normalized spacial score (nSPS) is 19.0. The quantitative estimate of drug-likeness (QED) is 0.0809. The van der Waals surface area contributed by atoms with Crippen LogP contribution in [-0.4, -0.2) is 118 Å². The van der Waals surface area contributed by atoms with E-state index >= 15 is 0 Å². The molecule has 4 aliphatic rings. The van der Waals surface area contributed by atoms with Crippen molar-refractivity contribution in [2.24, 2.45) is 5.92 Å². The molecule has 3 fully saturated rings. The van der Waals surface area contributed by atoms with Crippen molar-refractivity contribution in [3.63, 3.8) is 0 Å². The Labute approximate surface area is 351 Å². The number of unbranched alkanes of at least 4 members (excludes halogenated alkanes) is 3. The topological polar surface area (TPSA) is 148 Å². The molecule has 2 N–H and O–H groups in total. The summed E-state index contributed by atoms with van der Waals surface area (Å²) >= 11 is 1.81. The molecule has 0 radical (unpaired) electrons. The molecule has 0 saturated carbocycles. The van der Waals surface area contributed by atoms with E-state index in [1.807, 2.05) is 53.1 Å². The molecule has 13 nitrogen and oxygen atoms in total. The third kappa shape index (κ3) is 11.6. The lowest BCUT2D eigenvalue weighted by atomic mass is 9.91. The fourth-order valence-electron chi connectivity index (χ4n) is 8.43. The molecular weight excluding hydrogens is 765 g/mol. The van der Waals surface area contributed by atoms with Gasteiger partial charge < -0.3 is 20.0 Å². The van der Waals surface area contributed by atoms with E-state index in [2.05, 4.69) is 31.5 Å².